The second-order valence-electron chi connectivity index (χ2n) is 3.15. The molecule has 0 aromatic rings. The Balaban J connectivity index is 4.25. The maximum atomic E-state index is 5.75. The largest absolute Gasteiger partial charge is 0.768 e. The van der Waals surface area contributed by atoms with Gasteiger partial charge in [-0.15, -0.1) is 0 Å². The fraction of sp³-hybridized carbons (Fsp3) is 1.00. The molecule has 0 aliphatic carbocycles. The molecule has 1 atom stereocenters. The average molecular weight is 323 g/mol. The lowest BCUT2D eigenvalue weighted by atomic mass is 10.8. The Bertz CT molecular complexity index is 187. The van der Waals surface area contributed by atoms with Crippen LogP contribution in [-0.2, 0) is 26.8 Å². The molecule has 0 fully saturated rings. The minimum absolute atomic E-state index is 0.0636. The van der Waals surface area contributed by atoms with Gasteiger partial charge < -0.3 is 21.9 Å². The van der Waals surface area contributed by atoms with E-state index in [4.69, 9.17) is 22.9 Å². The van der Waals surface area contributed by atoms with Crippen LogP contribution in [0.5, 0.6) is 0 Å². The van der Waals surface area contributed by atoms with E-state index in [-0.39, 0.29) is 15.2 Å². The summed E-state index contributed by atoms with van der Waals surface area (Å²) in [7, 11) is 8.27. The van der Waals surface area contributed by atoms with E-state index < -0.39 is 9.28 Å². The number of methoxy groups -OCH3 is 2. The van der Waals surface area contributed by atoms with Crippen LogP contribution in [0.3, 0.4) is 0 Å². The highest BCUT2D eigenvalue weighted by molar-refractivity contribution is 6.61. The van der Waals surface area contributed by atoms with E-state index in [0.717, 1.165) is 0 Å². The Morgan fingerprint density at radius 2 is 1.78 bits per heavy atom. The molecule has 0 N–H and O–H groups in total. The molecule has 101 valence electrons. The zero-order valence-corrected chi connectivity index (χ0v) is 14.9. The lowest BCUT2D eigenvalue weighted by Gasteiger charge is -2.22. The topological polar surface area (TPSA) is 48.9 Å². The van der Waals surface area contributed by atoms with Gasteiger partial charge in [-0.1, -0.05) is 6.92 Å². The van der Waals surface area contributed by atoms with Gasteiger partial charge in [0.1, 0.15) is 6.61 Å². The second kappa shape index (κ2) is 12.7. The summed E-state index contributed by atoms with van der Waals surface area (Å²) in [6.45, 7) is 3.96. The first kappa shape index (κ1) is 18.6. The second-order valence-corrected chi connectivity index (χ2v) is 8.52. The van der Waals surface area contributed by atoms with Crippen molar-refractivity contribution in [3.8, 4) is 0 Å². The first-order valence-corrected chi connectivity index (χ1v) is 8.51. The Kier molecular flexibility index (Phi) is 13.1. The van der Waals surface area contributed by atoms with E-state index >= 15 is 0 Å². The van der Waals surface area contributed by atoms with Crippen LogP contribution >= 0.6 is 0 Å². The first-order valence-electron chi connectivity index (χ1n) is 5.31. The molecule has 10 heteroatoms. The van der Waals surface area contributed by atoms with Crippen LogP contribution in [-0.4, -0.2) is 80.7 Å². The highest BCUT2D eigenvalue weighted by atomic mass is 28.4. The molecule has 0 aromatic heterocycles. The zero-order chi connectivity index (χ0) is 13.8. The predicted molar refractivity (Wildman–Crippen MR) is 70.3 cm³/mol. The SMILES string of the molecule is COCCO[O+]([Si]O[Si])[Si](OCCOC)C(C)[Si]. The first-order chi connectivity index (χ1) is 8.67. The lowest BCUT2D eigenvalue weighted by molar-refractivity contribution is -0.309. The number of rotatable bonds is 12. The molecular formula is C8H18O6Si4+. The van der Waals surface area contributed by atoms with Crippen LogP contribution in [0.15, 0.2) is 0 Å². The van der Waals surface area contributed by atoms with Gasteiger partial charge in [0.05, 0.1) is 19.8 Å². The molecule has 0 aliphatic heterocycles. The number of hydrogen-bond acceptors (Lipinski definition) is 5. The lowest BCUT2D eigenvalue weighted by Crippen LogP contribution is -2.42. The van der Waals surface area contributed by atoms with Crippen molar-refractivity contribution in [2.24, 2.45) is 0 Å². The van der Waals surface area contributed by atoms with Gasteiger partial charge in [0.2, 0.25) is 10.5 Å². The minimum atomic E-state index is -1.45. The number of ether oxygens (including phenoxy) is 2. The molecule has 0 aliphatic rings. The molecule has 0 heterocycles. The van der Waals surface area contributed by atoms with Crippen LogP contribution in [0.25, 0.3) is 0 Å². The summed E-state index contributed by atoms with van der Waals surface area (Å²) in [6.07, 6.45) is 0. The van der Waals surface area contributed by atoms with Crippen molar-refractivity contribution < 1.29 is 26.8 Å². The molecule has 0 bridgehead atoms. The summed E-state index contributed by atoms with van der Waals surface area (Å²) >= 11 is 0. The molecule has 9 radical (unpaired) electrons. The molecule has 0 aromatic carbocycles. The van der Waals surface area contributed by atoms with Gasteiger partial charge in [0, 0.05) is 29.6 Å². The van der Waals surface area contributed by atoms with Crippen molar-refractivity contribution >= 4 is 40.0 Å². The summed E-state index contributed by atoms with van der Waals surface area (Å²) in [6, 6.07) is 0. The monoisotopic (exact) mass is 322 g/mol. The Labute approximate surface area is 120 Å². The summed E-state index contributed by atoms with van der Waals surface area (Å²) in [5.74, 6) is 0. The van der Waals surface area contributed by atoms with Gasteiger partial charge in [-0.2, -0.15) is 4.89 Å². The maximum Gasteiger partial charge on any atom is 0.768 e. The van der Waals surface area contributed by atoms with Gasteiger partial charge in [-0.25, -0.2) is 0 Å². The summed E-state index contributed by atoms with van der Waals surface area (Å²) in [4.78, 5) is 5.51. The van der Waals surface area contributed by atoms with Gasteiger partial charge in [-0.05, 0) is 0 Å². The summed E-state index contributed by atoms with van der Waals surface area (Å²) < 4.78 is 23.2. The highest BCUT2D eigenvalue weighted by Gasteiger charge is 2.43. The molecule has 6 nitrogen and oxygen atoms in total. The fourth-order valence-corrected chi connectivity index (χ4v) is 4.86. The Hall–Kier alpha value is 0.628. The van der Waals surface area contributed by atoms with Crippen LogP contribution < -0.4 is 0 Å². The van der Waals surface area contributed by atoms with Crippen molar-refractivity contribution in [3.05, 3.63) is 0 Å². The summed E-state index contributed by atoms with van der Waals surface area (Å²) in [5.41, 5.74) is 0. The maximum absolute atomic E-state index is 5.75. The Morgan fingerprint density at radius 1 is 1.17 bits per heavy atom. The molecule has 0 saturated heterocycles. The zero-order valence-electron chi connectivity index (χ0n) is 10.9. The quantitative estimate of drug-likeness (QED) is 0.158. The standard InChI is InChI=1S/C8H18O6Si4/c1-8(15)18(12-7-5-10-3)14(17-13-16)11-6-4-9-2/h8H,4-7H2,1-3H3/q+1. The molecule has 0 saturated carbocycles. The predicted octanol–water partition coefficient (Wildman–Crippen LogP) is -0.582. The van der Waals surface area contributed by atoms with Crippen molar-refractivity contribution in [1.29, 1.82) is 0 Å². The van der Waals surface area contributed by atoms with Crippen LogP contribution in [0.1, 0.15) is 6.92 Å². The van der Waals surface area contributed by atoms with Crippen molar-refractivity contribution in [1.82, 2.24) is 0 Å². The smallest absolute Gasteiger partial charge is 0.388 e. The van der Waals surface area contributed by atoms with Gasteiger partial charge in [-0.3, -0.25) is 0 Å². The van der Waals surface area contributed by atoms with Gasteiger partial charge in [0.25, 0.3) is 0 Å². The van der Waals surface area contributed by atoms with Crippen LogP contribution in [0.2, 0.25) is 5.16 Å². The highest BCUT2D eigenvalue weighted by Crippen LogP contribution is 2.14. The fourth-order valence-electron chi connectivity index (χ4n) is 0.926. The Morgan fingerprint density at radius 3 is 2.28 bits per heavy atom. The third kappa shape index (κ3) is 8.68. The molecular weight excluding hydrogens is 304 g/mol. The number of hydrogen-bond donors (Lipinski definition) is 0. The van der Waals surface area contributed by atoms with E-state index in [1.165, 1.54) is 0 Å². The van der Waals surface area contributed by atoms with E-state index in [1.54, 1.807) is 14.2 Å². The van der Waals surface area contributed by atoms with Crippen LogP contribution in [0.4, 0.5) is 0 Å². The third-order valence-electron chi connectivity index (χ3n) is 1.67. The van der Waals surface area contributed by atoms with Crippen molar-refractivity contribution in [2.45, 2.75) is 12.1 Å². The molecule has 1 unspecified atom stereocenters. The average Bonchev–Trinajstić information content (AvgIpc) is 2.34. The molecule has 18 heavy (non-hydrogen) atoms. The molecule has 0 amide bonds. The van der Waals surface area contributed by atoms with Crippen molar-refractivity contribution in [3.63, 3.8) is 0 Å². The van der Waals surface area contributed by atoms with Crippen LogP contribution in [0, 0.1) is 0 Å². The normalized spacial score (nSPS) is 13.5. The summed E-state index contributed by atoms with van der Waals surface area (Å²) in [5, 5.41) is 0.133. The van der Waals surface area contributed by atoms with E-state index in [0.29, 0.717) is 26.4 Å². The third-order valence-corrected chi connectivity index (χ3v) is 5.52. The van der Waals surface area contributed by atoms with E-state index in [9.17, 15) is 0 Å². The van der Waals surface area contributed by atoms with E-state index in [2.05, 4.69) is 24.6 Å². The van der Waals surface area contributed by atoms with Crippen molar-refractivity contribution in [2.75, 3.05) is 40.6 Å². The molecule has 0 rings (SSSR count). The minimum Gasteiger partial charge on any atom is -0.388 e. The molecule has 0 spiro atoms. The van der Waals surface area contributed by atoms with Gasteiger partial charge >= 0.3 is 19.3 Å². The van der Waals surface area contributed by atoms with Gasteiger partial charge in [0.15, 0.2) is 0 Å². The van der Waals surface area contributed by atoms with E-state index in [1.807, 2.05) is 6.92 Å².